The van der Waals surface area contributed by atoms with Crippen molar-refractivity contribution in [1.82, 2.24) is 19.8 Å². The summed E-state index contributed by atoms with van der Waals surface area (Å²) in [4.78, 5) is 17.7. The van der Waals surface area contributed by atoms with Crippen molar-refractivity contribution in [2.24, 2.45) is 11.8 Å². The van der Waals surface area contributed by atoms with E-state index in [1.54, 1.807) is 7.05 Å². The molecule has 1 aliphatic rings. The fourth-order valence-corrected chi connectivity index (χ4v) is 2.91. The molecule has 0 aliphatic carbocycles. The van der Waals surface area contributed by atoms with E-state index in [2.05, 4.69) is 17.2 Å². The predicted molar refractivity (Wildman–Crippen MR) is 79.3 cm³/mol. The molecule has 1 amide bonds. The van der Waals surface area contributed by atoms with Crippen LogP contribution in [-0.4, -0.2) is 40.5 Å². The Morgan fingerprint density at radius 2 is 2.36 bits per heavy atom. The van der Waals surface area contributed by atoms with Crippen molar-refractivity contribution in [3.8, 4) is 0 Å². The van der Waals surface area contributed by atoms with E-state index < -0.39 is 6.55 Å². The van der Waals surface area contributed by atoms with Gasteiger partial charge >= 0.3 is 6.55 Å². The summed E-state index contributed by atoms with van der Waals surface area (Å²) in [6.07, 6.45) is 5.29. The lowest BCUT2D eigenvalue weighted by Crippen LogP contribution is -2.36. The summed E-state index contributed by atoms with van der Waals surface area (Å²) in [6.45, 7) is 1.56. The number of aromatic nitrogens is 2. The van der Waals surface area contributed by atoms with Crippen molar-refractivity contribution >= 4 is 5.91 Å². The van der Waals surface area contributed by atoms with Crippen LogP contribution >= 0.6 is 0 Å². The average Bonchev–Trinajstić information content (AvgIpc) is 2.96. The summed E-state index contributed by atoms with van der Waals surface area (Å²) in [5, 5.41) is 3.35. The number of alkyl halides is 2. The van der Waals surface area contributed by atoms with Crippen molar-refractivity contribution in [1.29, 1.82) is 0 Å². The van der Waals surface area contributed by atoms with Gasteiger partial charge in [0.15, 0.2) is 0 Å². The van der Waals surface area contributed by atoms with Crippen LogP contribution in [0.3, 0.4) is 0 Å². The zero-order valence-corrected chi connectivity index (χ0v) is 13.1. The Morgan fingerprint density at radius 3 is 3.00 bits per heavy atom. The van der Waals surface area contributed by atoms with E-state index >= 15 is 0 Å². The molecule has 2 unspecified atom stereocenters. The summed E-state index contributed by atoms with van der Waals surface area (Å²) < 4.78 is 26.3. The summed E-state index contributed by atoms with van der Waals surface area (Å²) in [5.41, 5.74) is 0. The smallest absolute Gasteiger partial charge is 0.319 e. The number of imidazole rings is 1. The second-order valence-electron chi connectivity index (χ2n) is 6.07. The number of hydrogen-bond donors (Lipinski definition) is 1. The standard InChI is InChI=1S/C15H24F2N4O/c1-11(12-4-3-5-18-9-12)8-14(22)20(2)10-13-19-6-7-21(13)15(16)17/h6-7,11-12,15,18H,3-5,8-10H2,1-2H3. The van der Waals surface area contributed by atoms with Crippen molar-refractivity contribution < 1.29 is 13.6 Å². The van der Waals surface area contributed by atoms with Crippen LogP contribution in [0, 0.1) is 11.8 Å². The zero-order chi connectivity index (χ0) is 16.1. The Bertz CT molecular complexity index is 486. The third-order valence-corrected chi connectivity index (χ3v) is 4.40. The van der Waals surface area contributed by atoms with Gasteiger partial charge in [-0.2, -0.15) is 8.78 Å². The van der Waals surface area contributed by atoms with Gasteiger partial charge < -0.3 is 10.2 Å². The number of nitrogens with zero attached hydrogens (tertiary/aromatic N) is 3. The zero-order valence-electron chi connectivity index (χ0n) is 13.1. The Hall–Kier alpha value is -1.50. The SMILES string of the molecule is CC(CC(=O)N(C)Cc1nccn1C(F)F)C1CCCNC1. The second kappa shape index (κ2) is 7.67. The quantitative estimate of drug-likeness (QED) is 0.876. The fraction of sp³-hybridized carbons (Fsp3) is 0.733. The normalized spacial score (nSPS) is 20.1. The molecule has 0 spiro atoms. The number of nitrogens with one attached hydrogen (secondary N) is 1. The van der Waals surface area contributed by atoms with E-state index in [0.29, 0.717) is 12.3 Å². The third-order valence-electron chi connectivity index (χ3n) is 4.40. The van der Waals surface area contributed by atoms with Crippen LogP contribution in [-0.2, 0) is 11.3 Å². The lowest BCUT2D eigenvalue weighted by atomic mass is 9.85. The van der Waals surface area contributed by atoms with Crippen molar-refractivity contribution in [3.63, 3.8) is 0 Å². The van der Waals surface area contributed by atoms with Crippen molar-refractivity contribution in [2.75, 3.05) is 20.1 Å². The van der Waals surface area contributed by atoms with Gasteiger partial charge in [0, 0.05) is 25.9 Å². The summed E-state index contributed by atoms with van der Waals surface area (Å²) in [5.74, 6) is 0.978. The number of hydrogen-bond acceptors (Lipinski definition) is 3. The maximum Gasteiger partial charge on any atom is 0.319 e. The van der Waals surface area contributed by atoms with E-state index in [4.69, 9.17) is 0 Å². The molecule has 124 valence electrons. The Balaban J connectivity index is 1.87. The molecule has 0 radical (unpaired) electrons. The molecule has 7 heteroatoms. The number of carbonyl (C=O) groups is 1. The number of carbonyl (C=O) groups excluding carboxylic acids is 1. The molecule has 1 aliphatic heterocycles. The number of piperidine rings is 1. The first-order valence-corrected chi connectivity index (χ1v) is 7.73. The van der Waals surface area contributed by atoms with Crippen LogP contribution in [0.15, 0.2) is 12.4 Å². The average molecular weight is 314 g/mol. The first kappa shape index (κ1) is 16.9. The maximum atomic E-state index is 12.8. The van der Waals surface area contributed by atoms with Crippen molar-refractivity contribution in [2.45, 2.75) is 39.3 Å². The second-order valence-corrected chi connectivity index (χ2v) is 6.07. The molecule has 0 bridgehead atoms. The Labute approximate surface area is 129 Å². The van der Waals surface area contributed by atoms with E-state index in [-0.39, 0.29) is 24.2 Å². The molecule has 2 atom stereocenters. The van der Waals surface area contributed by atoms with Gasteiger partial charge in [-0.3, -0.25) is 9.36 Å². The predicted octanol–water partition coefficient (Wildman–Crippen LogP) is 2.26. The van der Waals surface area contributed by atoms with Gasteiger partial charge in [-0.15, -0.1) is 0 Å². The van der Waals surface area contributed by atoms with E-state index in [1.807, 2.05) is 0 Å². The molecule has 1 N–H and O–H groups in total. The molecule has 22 heavy (non-hydrogen) atoms. The van der Waals surface area contributed by atoms with Gasteiger partial charge in [0.25, 0.3) is 0 Å². The largest absolute Gasteiger partial charge is 0.338 e. The van der Waals surface area contributed by atoms with Crippen molar-refractivity contribution in [3.05, 3.63) is 18.2 Å². The van der Waals surface area contributed by atoms with Gasteiger partial charge in [-0.05, 0) is 37.8 Å². The van der Waals surface area contributed by atoms with Gasteiger partial charge in [0.1, 0.15) is 5.82 Å². The molecule has 1 saturated heterocycles. The number of amides is 1. The molecular formula is C15H24F2N4O. The van der Waals surface area contributed by atoms with E-state index in [0.717, 1.165) is 30.5 Å². The molecule has 1 aromatic heterocycles. The number of halogens is 2. The summed E-state index contributed by atoms with van der Waals surface area (Å²) >= 11 is 0. The van der Waals surface area contributed by atoms with Gasteiger partial charge in [0.05, 0.1) is 6.54 Å². The van der Waals surface area contributed by atoms with E-state index in [1.165, 1.54) is 17.3 Å². The molecule has 5 nitrogen and oxygen atoms in total. The molecular weight excluding hydrogens is 290 g/mol. The van der Waals surface area contributed by atoms with Crippen LogP contribution in [0.1, 0.15) is 38.6 Å². The summed E-state index contributed by atoms with van der Waals surface area (Å²) in [7, 11) is 1.64. The lowest BCUT2D eigenvalue weighted by Gasteiger charge is -2.29. The third kappa shape index (κ3) is 4.25. The highest BCUT2D eigenvalue weighted by molar-refractivity contribution is 5.76. The first-order valence-electron chi connectivity index (χ1n) is 7.73. The van der Waals surface area contributed by atoms with Crippen LogP contribution < -0.4 is 5.32 Å². The minimum Gasteiger partial charge on any atom is -0.338 e. The molecule has 2 rings (SSSR count). The number of rotatable bonds is 6. The van der Waals surface area contributed by atoms with Gasteiger partial charge in [-0.25, -0.2) is 4.98 Å². The minimum absolute atomic E-state index is 0.0260. The van der Waals surface area contributed by atoms with Crippen LogP contribution in [0.2, 0.25) is 0 Å². The first-order chi connectivity index (χ1) is 10.5. The molecule has 1 fully saturated rings. The maximum absolute atomic E-state index is 12.8. The van der Waals surface area contributed by atoms with Gasteiger partial charge in [-0.1, -0.05) is 6.92 Å². The molecule has 0 aromatic carbocycles. The van der Waals surface area contributed by atoms with Crippen LogP contribution in [0.4, 0.5) is 8.78 Å². The van der Waals surface area contributed by atoms with Crippen LogP contribution in [0.5, 0.6) is 0 Å². The molecule has 0 saturated carbocycles. The van der Waals surface area contributed by atoms with Crippen LogP contribution in [0.25, 0.3) is 0 Å². The minimum atomic E-state index is -2.63. The highest BCUT2D eigenvalue weighted by Crippen LogP contribution is 2.23. The fourth-order valence-electron chi connectivity index (χ4n) is 2.91. The lowest BCUT2D eigenvalue weighted by molar-refractivity contribution is -0.132. The Morgan fingerprint density at radius 1 is 1.59 bits per heavy atom. The topological polar surface area (TPSA) is 50.2 Å². The molecule has 2 heterocycles. The molecule has 1 aromatic rings. The summed E-state index contributed by atoms with van der Waals surface area (Å²) in [6, 6.07) is 0. The Kier molecular flexibility index (Phi) is 5.88. The van der Waals surface area contributed by atoms with E-state index in [9.17, 15) is 13.6 Å². The highest BCUT2D eigenvalue weighted by Gasteiger charge is 2.24. The highest BCUT2D eigenvalue weighted by atomic mass is 19.3. The monoisotopic (exact) mass is 314 g/mol. The van der Waals surface area contributed by atoms with Gasteiger partial charge in [0.2, 0.25) is 5.91 Å².